The zero-order chi connectivity index (χ0) is 14.1. The van der Waals surface area contributed by atoms with Gasteiger partial charge in [0.15, 0.2) is 5.16 Å². The number of hydrogen-bond donors (Lipinski definition) is 1. The number of rotatable bonds is 4. The summed E-state index contributed by atoms with van der Waals surface area (Å²) in [5, 5.41) is 1.57. The summed E-state index contributed by atoms with van der Waals surface area (Å²) in [7, 11) is 0. The van der Waals surface area contributed by atoms with Crippen molar-refractivity contribution in [2.24, 2.45) is 5.92 Å². The van der Waals surface area contributed by atoms with Gasteiger partial charge in [0.25, 0.3) is 5.56 Å². The van der Waals surface area contributed by atoms with Gasteiger partial charge in [0.1, 0.15) is 4.83 Å². The van der Waals surface area contributed by atoms with Crippen LogP contribution in [-0.4, -0.2) is 15.7 Å². The van der Waals surface area contributed by atoms with E-state index in [4.69, 9.17) is 0 Å². The second-order valence-corrected chi connectivity index (χ2v) is 7.38. The topological polar surface area (TPSA) is 45.8 Å². The van der Waals surface area contributed by atoms with E-state index in [0.717, 1.165) is 34.0 Å². The molecule has 0 aliphatic heterocycles. The Labute approximate surface area is 126 Å². The van der Waals surface area contributed by atoms with Crippen LogP contribution >= 0.6 is 23.1 Å². The zero-order valence-corrected chi connectivity index (χ0v) is 13.2. The normalized spacial score (nSPS) is 16.1. The SMILES string of the molecule is C=CC(C)CSc1nc2sc3c(c2c(=O)[nH]1)CCCC3. The number of aromatic nitrogens is 2. The van der Waals surface area contributed by atoms with Gasteiger partial charge in [-0.3, -0.25) is 4.79 Å². The highest BCUT2D eigenvalue weighted by Gasteiger charge is 2.19. The minimum Gasteiger partial charge on any atom is -0.301 e. The average molecular weight is 306 g/mol. The van der Waals surface area contributed by atoms with Crippen LogP contribution in [0, 0.1) is 5.92 Å². The maximum absolute atomic E-state index is 12.3. The summed E-state index contributed by atoms with van der Waals surface area (Å²) < 4.78 is 0. The van der Waals surface area contributed by atoms with Crippen LogP contribution in [0.4, 0.5) is 0 Å². The molecule has 106 valence electrons. The molecular formula is C15H18N2OS2. The van der Waals surface area contributed by atoms with Gasteiger partial charge in [-0.15, -0.1) is 17.9 Å². The highest BCUT2D eigenvalue weighted by atomic mass is 32.2. The molecule has 20 heavy (non-hydrogen) atoms. The second-order valence-electron chi connectivity index (χ2n) is 5.29. The number of fused-ring (bicyclic) bond motifs is 3. The van der Waals surface area contributed by atoms with Crippen molar-refractivity contribution in [2.75, 3.05) is 5.75 Å². The third-order valence-corrected chi connectivity index (χ3v) is 6.03. The van der Waals surface area contributed by atoms with E-state index in [1.165, 1.54) is 23.3 Å². The van der Waals surface area contributed by atoms with E-state index in [1.807, 2.05) is 6.08 Å². The zero-order valence-electron chi connectivity index (χ0n) is 11.6. The van der Waals surface area contributed by atoms with E-state index in [0.29, 0.717) is 5.92 Å². The highest BCUT2D eigenvalue weighted by Crippen LogP contribution is 2.34. The molecule has 2 heterocycles. The Balaban J connectivity index is 1.98. The number of allylic oxidation sites excluding steroid dienone is 1. The maximum Gasteiger partial charge on any atom is 0.260 e. The molecule has 0 fully saturated rings. The molecule has 1 aliphatic carbocycles. The minimum absolute atomic E-state index is 0.0307. The van der Waals surface area contributed by atoms with E-state index in [1.54, 1.807) is 23.1 Å². The molecule has 0 saturated heterocycles. The number of aromatic amines is 1. The Morgan fingerprint density at radius 2 is 2.30 bits per heavy atom. The monoisotopic (exact) mass is 306 g/mol. The van der Waals surface area contributed by atoms with Gasteiger partial charge in [-0.2, -0.15) is 0 Å². The molecule has 1 aliphatic rings. The summed E-state index contributed by atoms with van der Waals surface area (Å²) >= 11 is 3.30. The van der Waals surface area contributed by atoms with Gasteiger partial charge in [-0.25, -0.2) is 4.98 Å². The van der Waals surface area contributed by atoms with Crippen molar-refractivity contribution in [3.8, 4) is 0 Å². The van der Waals surface area contributed by atoms with Crippen molar-refractivity contribution in [3.63, 3.8) is 0 Å². The Bertz CT molecular complexity index is 702. The third kappa shape index (κ3) is 2.56. The largest absolute Gasteiger partial charge is 0.301 e. The molecule has 1 atom stereocenters. The summed E-state index contributed by atoms with van der Waals surface area (Å²) in [6.45, 7) is 5.89. The van der Waals surface area contributed by atoms with Crippen LogP contribution in [0.1, 0.15) is 30.2 Å². The van der Waals surface area contributed by atoms with E-state index in [2.05, 4.69) is 23.5 Å². The van der Waals surface area contributed by atoms with Gasteiger partial charge in [-0.05, 0) is 37.2 Å². The molecular weight excluding hydrogens is 288 g/mol. The minimum atomic E-state index is 0.0307. The predicted molar refractivity (Wildman–Crippen MR) is 87.0 cm³/mol. The van der Waals surface area contributed by atoms with Gasteiger partial charge in [-0.1, -0.05) is 24.8 Å². The number of nitrogens with zero attached hydrogens (tertiary/aromatic N) is 1. The van der Waals surface area contributed by atoms with E-state index in [9.17, 15) is 4.79 Å². The number of H-pyrrole nitrogens is 1. The lowest BCUT2D eigenvalue weighted by Crippen LogP contribution is -2.11. The predicted octanol–water partition coefficient (Wildman–Crippen LogP) is 3.78. The van der Waals surface area contributed by atoms with Gasteiger partial charge in [0.05, 0.1) is 5.39 Å². The van der Waals surface area contributed by atoms with Crippen molar-refractivity contribution >= 4 is 33.3 Å². The molecule has 2 aromatic rings. The number of hydrogen-bond acceptors (Lipinski definition) is 4. The number of aryl methyl sites for hydroxylation is 2. The Morgan fingerprint density at radius 3 is 3.10 bits per heavy atom. The van der Waals surface area contributed by atoms with Crippen molar-refractivity contribution in [3.05, 3.63) is 33.4 Å². The lowest BCUT2D eigenvalue weighted by molar-refractivity contribution is 0.700. The van der Waals surface area contributed by atoms with Crippen LogP contribution in [0.15, 0.2) is 22.6 Å². The second kappa shape index (κ2) is 5.74. The summed E-state index contributed by atoms with van der Waals surface area (Å²) in [6.07, 6.45) is 6.47. The standard InChI is InChI=1S/C15H18N2OS2/c1-3-9(2)8-19-15-16-13(18)12-10-6-4-5-7-11(10)20-14(12)17-15/h3,9H,1,4-8H2,2H3,(H,16,17,18). The molecule has 1 unspecified atom stereocenters. The summed E-state index contributed by atoms with van der Waals surface area (Å²) in [4.78, 5) is 22.2. The van der Waals surface area contributed by atoms with Crippen LogP contribution in [0.2, 0.25) is 0 Å². The Morgan fingerprint density at radius 1 is 1.50 bits per heavy atom. The number of thiophene rings is 1. The first kappa shape index (κ1) is 13.9. The smallest absolute Gasteiger partial charge is 0.260 e. The van der Waals surface area contributed by atoms with Crippen molar-refractivity contribution < 1.29 is 0 Å². The molecule has 0 aromatic carbocycles. The highest BCUT2D eigenvalue weighted by molar-refractivity contribution is 7.99. The molecule has 0 amide bonds. The van der Waals surface area contributed by atoms with Gasteiger partial charge >= 0.3 is 0 Å². The van der Waals surface area contributed by atoms with Crippen LogP contribution in [0.25, 0.3) is 10.2 Å². The molecule has 3 rings (SSSR count). The van der Waals surface area contributed by atoms with Crippen LogP contribution in [0.5, 0.6) is 0 Å². The van der Waals surface area contributed by atoms with Crippen molar-refractivity contribution in [1.29, 1.82) is 0 Å². The fourth-order valence-electron chi connectivity index (χ4n) is 2.49. The van der Waals surface area contributed by atoms with E-state index in [-0.39, 0.29) is 5.56 Å². The lowest BCUT2D eigenvalue weighted by Gasteiger charge is -2.09. The molecule has 0 saturated carbocycles. The third-order valence-electron chi connectivity index (χ3n) is 3.69. The fourth-order valence-corrected chi connectivity index (χ4v) is 4.69. The first-order chi connectivity index (χ1) is 9.69. The summed E-state index contributed by atoms with van der Waals surface area (Å²) in [5.41, 5.74) is 1.28. The maximum atomic E-state index is 12.3. The van der Waals surface area contributed by atoms with Crippen LogP contribution < -0.4 is 5.56 Å². The first-order valence-corrected chi connectivity index (χ1v) is 8.79. The van der Waals surface area contributed by atoms with Gasteiger partial charge in [0, 0.05) is 10.6 Å². The Kier molecular flexibility index (Phi) is 3.98. The van der Waals surface area contributed by atoms with E-state index >= 15 is 0 Å². The first-order valence-electron chi connectivity index (χ1n) is 6.99. The van der Waals surface area contributed by atoms with Gasteiger partial charge < -0.3 is 4.98 Å². The van der Waals surface area contributed by atoms with Gasteiger partial charge in [0.2, 0.25) is 0 Å². The molecule has 0 radical (unpaired) electrons. The lowest BCUT2D eigenvalue weighted by atomic mass is 9.97. The summed E-state index contributed by atoms with van der Waals surface area (Å²) in [6, 6.07) is 0. The molecule has 0 bridgehead atoms. The average Bonchev–Trinajstić information content (AvgIpc) is 2.83. The Hall–Kier alpha value is -1.07. The number of nitrogens with one attached hydrogen (secondary N) is 1. The number of thioether (sulfide) groups is 1. The molecule has 5 heteroatoms. The quantitative estimate of drug-likeness (QED) is 0.531. The molecule has 1 N–H and O–H groups in total. The molecule has 2 aromatic heterocycles. The van der Waals surface area contributed by atoms with Crippen LogP contribution in [0.3, 0.4) is 0 Å². The van der Waals surface area contributed by atoms with Crippen molar-refractivity contribution in [1.82, 2.24) is 9.97 Å². The van der Waals surface area contributed by atoms with E-state index < -0.39 is 0 Å². The van der Waals surface area contributed by atoms with Crippen molar-refractivity contribution in [2.45, 2.75) is 37.8 Å². The summed E-state index contributed by atoms with van der Waals surface area (Å²) in [5.74, 6) is 1.31. The van der Waals surface area contributed by atoms with Crippen LogP contribution in [-0.2, 0) is 12.8 Å². The molecule has 3 nitrogen and oxygen atoms in total. The molecule has 0 spiro atoms. The fraction of sp³-hybridized carbons (Fsp3) is 0.467.